The zero-order chi connectivity index (χ0) is 11.2. The molecule has 4 heteroatoms. The van der Waals surface area contributed by atoms with E-state index in [1.54, 1.807) is 6.07 Å². The van der Waals surface area contributed by atoms with Crippen molar-refractivity contribution in [2.75, 3.05) is 11.2 Å². The summed E-state index contributed by atoms with van der Waals surface area (Å²) >= 11 is 0. The molecule has 0 saturated heterocycles. The Morgan fingerprint density at radius 2 is 1.75 bits per heavy atom. The lowest BCUT2D eigenvalue weighted by atomic mass is 10.3. The van der Waals surface area contributed by atoms with Gasteiger partial charge in [-0.15, -0.1) is 5.11 Å². The molecule has 0 atom stereocenters. The van der Waals surface area contributed by atoms with Gasteiger partial charge in [0.15, 0.2) is 0 Å². The molecule has 3 N–H and O–H groups in total. The molecular weight excluding hydrogens is 200 g/mol. The van der Waals surface area contributed by atoms with Crippen LogP contribution in [0.15, 0.2) is 64.9 Å². The molecule has 80 valence electrons. The van der Waals surface area contributed by atoms with Crippen molar-refractivity contribution >= 4 is 17.1 Å². The summed E-state index contributed by atoms with van der Waals surface area (Å²) in [5, 5.41) is 7.88. The van der Waals surface area contributed by atoms with Gasteiger partial charge in [-0.3, -0.25) is 5.43 Å². The van der Waals surface area contributed by atoms with E-state index in [0.29, 0.717) is 5.69 Å². The second-order valence-electron chi connectivity index (χ2n) is 3.27. The number of hydrogen-bond acceptors (Lipinski definition) is 3. The van der Waals surface area contributed by atoms with Crippen LogP contribution in [0.1, 0.15) is 0 Å². The number of nitrogens with two attached hydrogens (primary N) is 1. The van der Waals surface area contributed by atoms with Gasteiger partial charge in [0.1, 0.15) is 0 Å². The Balaban J connectivity index is 2.00. The Bertz CT molecular complexity index is 479. The maximum atomic E-state index is 5.63. The molecule has 16 heavy (non-hydrogen) atoms. The quantitative estimate of drug-likeness (QED) is 0.465. The van der Waals surface area contributed by atoms with Crippen molar-refractivity contribution in [1.82, 2.24) is 0 Å². The Hall–Kier alpha value is -2.36. The summed E-state index contributed by atoms with van der Waals surface area (Å²) in [6.45, 7) is 0. The fourth-order valence-corrected chi connectivity index (χ4v) is 1.24. The second kappa shape index (κ2) is 4.93. The van der Waals surface area contributed by atoms with E-state index in [1.807, 2.05) is 48.5 Å². The highest BCUT2D eigenvalue weighted by Gasteiger charge is 1.90. The second-order valence-corrected chi connectivity index (χ2v) is 3.27. The molecule has 0 unspecified atom stereocenters. The monoisotopic (exact) mass is 212 g/mol. The van der Waals surface area contributed by atoms with Crippen molar-refractivity contribution in [3.8, 4) is 0 Å². The average molecular weight is 212 g/mol. The van der Waals surface area contributed by atoms with Gasteiger partial charge in [0, 0.05) is 5.69 Å². The molecule has 2 rings (SSSR count). The van der Waals surface area contributed by atoms with E-state index in [2.05, 4.69) is 15.8 Å². The van der Waals surface area contributed by atoms with Crippen LogP contribution in [0, 0.1) is 0 Å². The summed E-state index contributed by atoms with van der Waals surface area (Å²) in [6, 6.07) is 16.9. The van der Waals surface area contributed by atoms with Gasteiger partial charge < -0.3 is 5.73 Å². The molecule has 0 aromatic heterocycles. The zero-order valence-corrected chi connectivity index (χ0v) is 8.67. The highest BCUT2D eigenvalue weighted by atomic mass is 15.4. The van der Waals surface area contributed by atoms with Crippen LogP contribution in [-0.2, 0) is 0 Å². The molecule has 0 amide bonds. The van der Waals surface area contributed by atoms with Gasteiger partial charge >= 0.3 is 0 Å². The highest BCUT2D eigenvalue weighted by molar-refractivity contribution is 5.53. The first-order valence-electron chi connectivity index (χ1n) is 4.92. The van der Waals surface area contributed by atoms with E-state index < -0.39 is 0 Å². The van der Waals surface area contributed by atoms with Crippen LogP contribution in [0.3, 0.4) is 0 Å². The minimum absolute atomic E-state index is 0.694. The molecule has 4 nitrogen and oxygen atoms in total. The van der Waals surface area contributed by atoms with Gasteiger partial charge in [-0.1, -0.05) is 29.5 Å². The minimum Gasteiger partial charge on any atom is -0.399 e. The Morgan fingerprint density at radius 1 is 0.938 bits per heavy atom. The predicted octanol–water partition coefficient (Wildman–Crippen LogP) is 3.38. The van der Waals surface area contributed by atoms with Crippen molar-refractivity contribution in [3.05, 3.63) is 54.6 Å². The SMILES string of the molecule is Nc1cccc(NN=Nc2ccccc2)c1. The third-order valence-corrected chi connectivity index (χ3v) is 1.99. The molecule has 0 bridgehead atoms. The number of hydrogen-bond donors (Lipinski definition) is 2. The van der Waals surface area contributed by atoms with E-state index in [0.717, 1.165) is 11.4 Å². The average Bonchev–Trinajstić information content (AvgIpc) is 2.30. The molecule has 0 saturated carbocycles. The normalized spacial score (nSPS) is 10.5. The van der Waals surface area contributed by atoms with E-state index in [9.17, 15) is 0 Å². The minimum atomic E-state index is 0.694. The first-order chi connectivity index (χ1) is 7.84. The first-order valence-corrected chi connectivity index (χ1v) is 4.92. The molecule has 0 aliphatic rings. The third kappa shape index (κ3) is 2.81. The van der Waals surface area contributed by atoms with Crippen molar-refractivity contribution in [2.45, 2.75) is 0 Å². The lowest BCUT2D eigenvalue weighted by molar-refractivity contribution is 1.13. The van der Waals surface area contributed by atoms with Crippen molar-refractivity contribution in [3.63, 3.8) is 0 Å². The van der Waals surface area contributed by atoms with Crippen LogP contribution >= 0.6 is 0 Å². The molecule has 0 heterocycles. The van der Waals surface area contributed by atoms with Crippen LogP contribution < -0.4 is 11.2 Å². The standard InChI is InChI=1S/C12H12N4/c13-10-5-4-8-12(9-10)15-16-14-11-6-2-1-3-7-11/h1-9H,13H2,(H,14,15). The van der Waals surface area contributed by atoms with E-state index in [-0.39, 0.29) is 0 Å². The fraction of sp³-hybridized carbons (Fsp3) is 0. The predicted molar refractivity (Wildman–Crippen MR) is 65.4 cm³/mol. The van der Waals surface area contributed by atoms with Crippen LogP contribution in [0.25, 0.3) is 0 Å². The number of anilines is 2. The number of nitrogen functional groups attached to an aromatic ring is 1. The van der Waals surface area contributed by atoms with Gasteiger partial charge in [-0.25, -0.2) is 0 Å². The summed E-state index contributed by atoms with van der Waals surface area (Å²) < 4.78 is 0. The highest BCUT2D eigenvalue weighted by Crippen LogP contribution is 2.14. The molecule has 2 aromatic rings. The Morgan fingerprint density at radius 3 is 2.50 bits per heavy atom. The van der Waals surface area contributed by atoms with Gasteiger partial charge in [0.05, 0.1) is 11.4 Å². The molecule has 0 fully saturated rings. The van der Waals surface area contributed by atoms with Gasteiger partial charge in [-0.2, -0.15) is 0 Å². The molecule has 2 aromatic carbocycles. The van der Waals surface area contributed by atoms with Crippen molar-refractivity contribution in [2.24, 2.45) is 10.3 Å². The first kappa shape index (κ1) is 10.2. The molecule has 0 aliphatic heterocycles. The number of nitrogens with one attached hydrogen (secondary N) is 1. The summed E-state index contributed by atoms with van der Waals surface area (Å²) in [5.74, 6) is 0. The number of nitrogens with zero attached hydrogens (tertiary/aromatic N) is 2. The smallest absolute Gasteiger partial charge is 0.0874 e. The fourth-order valence-electron chi connectivity index (χ4n) is 1.24. The maximum Gasteiger partial charge on any atom is 0.0874 e. The van der Waals surface area contributed by atoms with Gasteiger partial charge in [0.25, 0.3) is 0 Å². The Labute approximate surface area is 93.8 Å². The summed E-state index contributed by atoms with van der Waals surface area (Å²) in [7, 11) is 0. The Kier molecular flexibility index (Phi) is 3.13. The van der Waals surface area contributed by atoms with Crippen molar-refractivity contribution in [1.29, 1.82) is 0 Å². The lowest BCUT2D eigenvalue weighted by Crippen LogP contribution is -1.89. The topological polar surface area (TPSA) is 62.8 Å². The zero-order valence-electron chi connectivity index (χ0n) is 8.67. The molecule has 0 aliphatic carbocycles. The summed E-state index contributed by atoms with van der Waals surface area (Å²) in [5.41, 5.74) is 10.8. The lowest BCUT2D eigenvalue weighted by Gasteiger charge is -1.99. The largest absolute Gasteiger partial charge is 0.399 e. The van der Waals surface area contributed by atoms with Crippen molar-refractivity contribution < 1.29 is 0 Å². The molecule has 0 spiro atoms. The maximum absolute atomic E-state index is 5.63. The summed E-state index contributed by atoms with van der Waals surface area (Å²) in [4.78, 5) is 0. The van der Waals surface area contributed by atoms with Crippen LogP contribution in [-0.4, -0.2) is 0 Å². The number of benzene rings is 2. The van der Waals surface area contributed by atoms with Gasteiger partial charge in [0.2, 0.25) is 0 Å². The van der Waals surface area contributed by atoms with Crippen LogP contribution in [0.2, 0.25) is 0 Å². The summed E-state index contributed by atoms with van der Waals surface area (Å²) in [6.07, 6.45) is 0. The molecular formula is C12H12N4. The van der Waals surface area contributed by atoms with Gasteiger partial charge in [-0.05, 0) is 30.3 Å². The van der Waals surface area contributed by atoms with Crippen LogP contribution in [0.4, 0.5) is 17.1 Å². The third-order valence-electron chi connectivity index (χ3n) is 1.99. The van der Waals surface area contributed by atoms with E-state index in [1.165, 1.54) is 0 Å². The van der Waals surface area contributed by atoms with E-state index >= 15 is 0 Å². The van der Waals surface area contributed by atoms with E-state index in [4.69, 9.17) is 5.73 Å². The number of rotatable bonds is 3. The molecule has 0 radical (unpaired) electrons. The van der Waals surface area contributed by atoms with Crippen LogP contribution in [0.5, 0.6) is 0 Å².